The minimum atomic E-state index is -0.0359. The maximum absolute atomic E-state index is 10.6. The van der Waals surface area contributed by atoms with Gasteiger partial charge in [0.25, 0.3) is 0 Å². The number of aliphatic imine (C=N–C) groups is 1. The molecule has 0 aromatic heterocycles. The largest absolute Gasteiger partial charge is 0.500 e. The summed E-state index contributed by atoms with van der Waals surface area (Å²) in [6.45, 7) is 12.8. The van der Waals surface area contributed by atoms with Crippen LogP contribution in [0.1, 0.15) is 18.9 Å². The number of aliphatic hydroxyl groups is 1. The van der Waals surface area contributed by atoms with E-state index in [2.05, 4.69) is 54.0 Å². The summed E-state index contributed by atoms with van der Waals surface area (Å²) >= 11 is 0. The highest BCUT2D eigenvalue weighted by Gasteiger charge is 2.43. The average Bonchev–Trinajstić information content (AvgIpc) is 3.04. The van der Waals surface area contributed by atoms with Gasteiger partial charge in [0.05, 0.1) is 17.4 Å². The predicted octanol–water partition coefficient (Wildman–Crippen LogP) is 4.13. The van der Waals surface area contributed by atoms with Crippen LogP contribution in [0.2, 0.25) is 0 Å². The Bertz CT molecular complexity index is 872. The lowest BCUT2D eigenvalue weighted by molar-refractivity contribution is 0.335. The van der Waals surface area contributed by atoms with Crippen molar-refractivity contribution < 1.29 is 5.11 Å². The first-order valence-corrected chi connectivity index (χ1v) is 8.75. The first-order chi connectivity index (χ1) is 12.4. The van der Waals surface area contributed by atoms with Gasteiger partial charge in [-0.3, -0.25) is 4.99 Å². The highest BCUT2D eigenvalue weighted by Crippen LogP contribution is 2.44. The minimum absolute atomic E-state index is 0.0223. The molecule has 4 nitrogen and oxygen atoms in total. The molecule has 0 amide bonds. The Balaban J connectivity index is 2.21. The van der Waals surface area contributed by atoms with Gasteiger partial charge in [0, 0.05) is 36.5 Å². The molecule has 26 heavy (non-hydrogen) atoms. The number of anilines is 1. The van der Waals surface area contributed by atoms with Crippen molar-refractivity contribution in [3.05, 3.63) is 59.0 Å². The second kappa shape index (κ2) is 6.76. The first kappa shape index (κ1) is 17.9. The van der Waals surface area contributed by atoms with Crippen molar-refractivity contribution in [1.82, 2.24) is 4.90 Å². The molecule has 134 valence electrons. The monoisotopic (exact) mass is 347 g/mol. The highest BCUT2D eigenvalue weighted by atomic mass is 16.3. The van der Waals surface area contributed by atoms with E-state index in [1.54, 1.807) is 0 Å². The maximum Gasteiger partial charge on any atom is 0.172 e. The fourth-order valence-corrected chi connectivity index (χ4v) is 4.06. The molecule has 0 saturated carbocycles. The Morgan fingerprint density at radius 3 is 2.81 bits per heavy atom. The lowest BCUT2D eigenvalue weighted by atomic mass is 9.93. The molecule has 4 heteroatoms. The third kappa shape index (κ3) is 2.70. The van der Waals surface area contributed by atoms with E-state index in [1.165, 1.54) is 0 Å². The lowest BCUT2D eigenvalue weighted by Gasteiger charge is -2.35. The van der Waals surface area contributed by atoms with Crippen molar-refractivity contribution in [2.24, 2.45) is 4.99 Å². The Kier molecular flexibility index (Phi) is 4.65. The third-order valence-electron chi connectivity index (χ3n) is 5.48. The van der Waals surface area contributed by atoms with E-state index in [0.717, 1.165) is 46.7 Å². The van der Waals surface area contributed by atoms with Crippen molar-refractivity contribution >= 4 is 18.1 Å². The summed E-state index contributed by atoms with van der Waals surface area (Å²) in [6, 6.07) is 6.38. The van der Waals surface area contributed by atoms with Gasteiger partial charge in [0.15, 0.2) is 5.76 Å². The van der Waals surface area contributed by atoms with Gasteiger partial charge in [0.2, 0.25) is 0 Å². The molecular weight excluding hydrogens is 322 g/mol. The van der Waals surface area contributed by atoms with Crippen LogP contribution in [0, 0.1) is 19.3 Å². The molecule has 1 aromatic carbocycles. The number of nitrogens with zero attached hydrogens (tertiary/aromatic N) is 3. The second-order valence-electron chi connectivity index (χ2n) is 6.87. The summed E-state index contributed by atoms with van der Waals surface area (Å²) in [6.07, 6.45) is 8.41. The van der Waals surface area contributed by atoms with Crippen molar-refractivity contribution in [3.8, 4) is 12.3 Å². The summed E-state index contributed by atoms with van der Waals surface area (Å²) in [5.41, 5.74) is 5.57. The molecule has 2 saturated heterocycles. The van der Waals surface area contributed by atoms with E-state index < -0.39 is 0 Å². The molecule has 0 radical (unpaired) electrons. The Labute approximate surface area is 155 Å². The van der Waals surface area contributed by atoms with Gasteiger partial charge in [-0.15, -0.1) is 6.42 Å². The van der Waals surface area contributed by atoms with Crippen LogP contribution < -0.4 is 4.90 Å². The third-order valence-corrected chi connectivity index (χ3v) is 5.48. The molecule has 2 aliphatic heterocycles. The number of hydrogen-bond acceptors (Lipinski definition) is 4. The Hall–Kier alpha value is -2.93. The van der Waals surface area contributed by atoms with Crippen molar-refractivity contribution in [1.29, 1.82) is 0 Å². The second-order valence-corrected chi connectivity index (χ2v) is 6.87. The van der Waals surface area contributed by atoms with Crippen LogP contribution in [0.15, 0.2) is 58.4 Å². The number of likely N-dealkylation sites (tertiary alicyclic amines) is 1. The summed E-state index contributed by atoms with van der Waals surface area (Å²) < 4.78 is 0. The number of terminal acetylenes is 1. The molecule has 0 aliphatic carbocycles. The SMILES string of the molecule is C#C/C(O)=C1\C(=C/C)C(=C)N(C)C2CC1N(c1cc(C)ccc1N=C)C2. The van der Waals surface area contributed by atoms with Gasteiger partial charge in [0.1, 0.15) is 0 Å². The summed E-state index contributed by atoms with van der Waals surface area (Å²) in [5.74, 6) is 2.41. The summed E-state index contributed by atoms with van der Waals surface area (Å²) in [7, 11) is 2.05. The molecule has 2 atom stereocenters. The van der Waals surface area contributed by atoms with Gasteiger partial charge in [-0.25, -0.2) is 0 Å². The molecular formula is C22H25N3O. The van der Waals surface area contributed by atoms with Gasteiger partial charge < -0.3 is 14.9 Å². The number of aryl methyl sites for hydroxylation is 1. The highest BCUT2D eigenvalue weighted by molar-refractivity contribution is 5.73. The molecule has 2 bridgehead atoms. The first-order valence-electron chi connectivity index (χ1n) is 8.75. The molecule has 0 spiro atoms. The summed E-state index contributed by atoms with van der Waals surface area (Å²) in [4.78, 5) is 8.68. The number of aliphatic hydroxyl groups excluding tert-OH is 1. The zero-order valence-corrected chi connectivity index (χ0v) is 15.7. The number of hydrogen-bond donors (Lipinski definition) is 1. The maximum atomic E-state index is 10.6. The molecule has 3 rings (SSSR count). The Morgan fingerprint density at radius 1 is 1.46 bits per heavy atom. The van der Waals surface area contributed by atoms with Crippen LogP contribution >= 0.6 is 0 Å². The van der Waals surface area contributed by atoms with Crippen molar-refractivity contribution in [2.75, 3.05) is 18.5 Å². The van der Waals surface area contributed by atoms with Crippen molar-refractivity contribution in [3.63, 3.8) is 0 Å². The number of likely N-dealkylation sites (N-methyl/N-ethyl adjacent to an activating group) is 1. The molecule has 1 N–H and O–H groups in total. The molecule has 2 fully saturated rings. The van der Waals surface area contributed by atoms with E-state index >= 15 is 0 Å². The Morgan fingerprint density at radius 2 is 2.19 bits per heavy atom. The van der Waals surface area contributed by atoms with E-state index in [-0.39, 0.29) is 17.8 Å². The predicted molar refractivity (Wildman–Crippen MR) is 109 cm³/mol. The quantitative estimate of drug-likeness (QED) is 0.497. The normalized spacial score (nSPS) is 25.9. The smallest absolute Gasteiger partial charge is 0.172 e. The number of allylic oxidation sites excluding steroid dienone is 3. The van der Waals surface area contributed by atoms with Gasteiger partial charge in [-0.05, 0) is 50.6 Å². The van der Waals surface area contributed by atoms with Gasteiger partial charge in [-0.1, -0.05) is 18.7 Å². The van der Waals surface area contributed by atoms with Crippen LogP contribution in [0.3, 0.4) is 0 Å². The number of rotatable bonds is 2. The van der Waals surface area contributed by atoms with E-state index in [9.17, 15) is 5.11 Å². The zero-order valence-electron chi connectivity index (χ0n) is 15.7. The van der Waals surface area contributed by atoms with Crippen LogP contribution in [0.4, 0.5) is 11.4 Å². The zero-order chi connectivity index (χ0) is 19.0. The fourth-order valence-electron chi connectivity index (χ4n) is 4.06. The number of benzene rings is 1. The topological polar surface area (TPSA) is 39.1 Å². The van der Waals surface area contributed by atoms with Gasteiger partial charge in [-0.2, -0.15) is 0 Å². The molecule has 2 heterocycles. The molecule has 1 aromatic rings. The standard InChI is InChI=1S/C22H25N3O/c1-7-17-15(4)24(6)16-12-20(22(17)21(26)8-2)25(13-16)19-11-14(3)9-10-18(19)23-5/h2,7,9-11,16,20,26H,4-5,12-13H2,1,3,6H3/b17-7-,22-21-. The van der Waals surface area contributed by atoms with E-state index in [0.29, 0.717) is 0 Å². The lowest BCUT2D eigenvalue weighted by Crippen LogP contribution is -2.38. The molecule has 2 aliphatic rings. The van der Waals surface area contributed by atoms with Crippen LogP contribution in [-0.4, -0.2) is 42.4 Å². The van der Waals surface area contributed by atoms with Crippen LogP contribution in [0.5, 0.6) is 0 Å². The minimum Gasteiger partial charge on any atom is -0.500 e. The van der Waals surface area contributed by atoms with Gasteiger partial charge >= 0.3 is 0 Å². The number of fused-ring (bicyclic) bond motifs is 2. The molecule has 2 unspecified atom stereocenters. The summed E-state index contributed by atoms with van der Waals surface area (Å²) in [5, 5.41) is 10.6. The van der Waals surface area contributed by atoms with Crippen LogP contribution in [-0.2, 0) is 0 Å². The van der Waals surface area contributed by atoms with Crippen molar-refractivity contribution in [2.45, 2.75) is 32.4 Å². The van der Waals surface area contributed by atoms with E-state index in [4.69, 9.17) is 6.42 Å². The average molecular weight is 347 g/mol. The fraction of sp³-hybridized carbons (Fsp3) is 0.318. The van der Waals surface area contributed by atoms with Crippen LogP contribution in [0.25, 0.3) is 0 Å². The van der Waals surface area contributed by atoms with E-state index in [1.807, 2.05) is 25.1 Å².